The molecule has 1 fully saturated rings. The second-order valence-corrected chi connectivity index (χ2v) is 7.31. The summed E-state index contributed by atoms with van der Waals surface area (Å²) in [4.78, 5) is 30.8. The summed E-state index contributed by atoms with van der Waals surface area (Å²) in [5.41, 5.74) is 2.44. The van der Waals surface area contributed by atoms with E-state index in [1.807, 2.05) is 19.9 Å². The van der Waals surface area contributed by atoms with Crippen LogP contribution < -0.4 is 0 Å². The largest absolute Gasteiger partial charge is 0.479 e. The van der Waals surface area contributed by atoms with Crippen molar-refractivity contribution < 1.29 is 28.4 Å². The predicted molar refractivity (Wildman–Crippen MR) is 102 cm³/mol. The topological polar surface area (TPSA) is 119 Å². The molecule has 9 nitrogen and oxygen atoms in total. The summed E-state index contributed by atoms with van der Waals surface area (Å²) in [5.74, 6) is -0.00737. The van der Waals surface area contributed by atoms with Gasteiger partial charge in [-0.1, -0.05) is 5.16 Å². The highest BCUT2D eigenvalue weighted by atomic mass is 16.5. The number of fused-ring (bicyclic) bond motifs is 1. The van der Waals surface area contributed by atoms with Gasteiger partial charge in [0.1, 0.15) is 11.5 Å². The molecule has 4 heterocycles. The Labute approximate surface area is 166 Å². The van der Waals surface area contributed by atoms with Crippen molar-refractivity contribution in [3.05, 3.63) is 34.9 Å². The van der Waals surface area contributed by atoms with Crippen molar-refractivity contribution in [2.75, 3.05) is 13.1 Å². The molecular weight excluding hydrogens is 378 g/mol. The predicted octanol–water partition coefficient (Wildman–Crippen LogP) is 2.72. The van der Waals surface area contributed by atoms with E-state index < -0.39 is 18.2 Å². The van der Waals surface area contributed by atoms with Gasteiger partial charge in [0.25, 0.3) is 11.6 Å². The number of rotatable bonds is 3. The number of carbonyl (C=O) groups is 2. The van der Waals surface area contributed by atoms with Crippen LogP contribution in [0.5, 0.6) is 0 Å². The molecule has 0 saturated carbocycles. The second kappa shape index (κ2) is 7.00. The van der Waals surface area contributed by atoms with Crippen molar-refractivity contribution >= 4 is 23.0 Å². The summed E-state index contributed by atoms with van der Waals surface area (Å²) in [6.45, 7) is 7.38. The first-order chi connectivity index (χ1) is 13.7. The van der Waals surface area contributed by atoms with Gasteiger partial charge in [-0.05, 0) is 39.8 Å². The third-order valence-electron chi connectivity index (χ3n) is 4.99. The van der Waals surface area contributed by atoms with Crippen LogP contribution in [-0.2, 0) is 9.53 Å². The third-order valence-corrected chi connectivity index (χ3v) is 4.99. The van der Waals surface area contributed by atoms with E-state index >= 15 is 0 Å². The molecule has 1 aliphatic heterocycles. The van der Waals surface area contributed by atoms with Gasteiger partial charge < -0.3 is 23.7 Å². The Hall–Kier alpha value is -3.20. The van der Waals surface area contributed by atoms with Gasteiger partial charge in [-0.3, -0.25) is 4.79 Å². The fraction of sp³-hybridized carbons (Fsp3) is 0.400. The quantitative estimate of drug-likeness (QED) is 0.714. The monoisotopic (exact) mass is 399 g/mol. The summed E-state index contributed by atoms with van der Waals surface area (Å²) in [6, 6.07) is 3.53. The lowest BCUT2D eigenvalue weighted by atomic mass is 10.0. The van der Waals surface area contributed by atoms with E-state index in [0.717, 1.165) is 11.3 Å². The average molecular weight is 399 g/mol. The van der Waals surface area contributed by atoms with E-state index in [1.165, 1.54) is 4.90 Å². The molecule has 0 aromatic carbocycles. The molecule has 1 amide bonds. The zero-order chi connectivity index (χ0) is 20.9. The number of aliphatic carboxylic acids is 1. The van der Waals surface area contributed by atoms with Crippen molar-refractivity contribution in [3.8, 4) is 11.3 Å². The van der Waals surface area contributed by atoms with Crippen LogP contribution in [0.1, 0.15) is 34.5 Å². The minimum absolute atomic E-state index is 0.0359. The van der Waals surface area contributed by atoms with E-state index in [9.17, 15) is 14.7 Å². The molecule has 4 rings (SSSR count). The number of ether oxygens (including phenoxy) is 1. The fourth-order valence-corrected chi connectivity index (χ4v) is 3.71. The maximum absolute atomic E-state index is 13.4. The van der Waals surface area contributed by atoms with Gasteiger partial charge in [0, 0.05) is 12.1 Å². The van der Waals surface area contributed by atoms with Crippen molar-refractivity contribution in [1.29, 1.82) is 0 Å². The van der Waals surface area contributed by atoms with Crippen molar-refractivity contribution in [1.82, 2.24) is 15.0 Å². The smallest absolute Gasteiger partial charge is 0.334 e. The molecule has 152 valence electrons. The number of aryl methyl sites for hydroxylation is 3. The average Bonchev–Trinajstić information content (AvgIpc) is 3.21. The molecule has 1 aliphatic rings. The lowest BCUT2D eigenvalue weighted by Crippen LogP contribution is -2.51. The van der Waals surface area contributed by atoms with Crippen LogP contribution >= 0.6 is 0 Å². The molecule has 0 radical (unpaired) electrons. The number of amides is 1. The number of morpholine rings is 1. The minimum atomic E-state index is -1.10. The zero-order valence-corrected chi connectivity index (χ0v) is 16.6. The van der Waals surface area contributed by atoms with Crippen LogP contribution in [0.15, 0.2) is 21.1 Å². The molecule has 1 saturated heterocycles. The molecule has 9 heteroatoms. The normalized spacial score (nSPS) is 19.7. The van der Waals surface area contributed by atoms with Gasteiger partial charge in [-0.25, -0.2) is 9.78 Å². The summed E-state index contributed by atoms with van der Waals surface area (Å²) < 4.78 is 16.4. The first kappa shape index (κ1) is 19.1. The van der Waals surface area contributed by atoms with E-state index in [4.69, 9.17) is 13.7 Å². The SMILES string of the molecule is Cc1cc(-c2cc(C(=O)N3CC(C(=O)O)O[C@H](C)C3)c3c(C)noc3n2)c(C)o1. The van der Waals surface area contributed by atoms with Gasteiger partial charge in [0.05, 0.1) is 35.0 Å². The number of carbonyl (C=O) groups excluding carboxylic acids is 1. The van der Waals surface area contributed by atoms with Gasteiger partial charge in [0.2, 0.25) is 0 Å². The number of hydrogen-bond acceptors (Lipinski definition) is 7. The second-order valence-electron chi connectivity index (χ2n) is 7.31. The Morgan fingerprint density at radius 3 is 2.62 bits per heavy atom. The van der Waals surface area contributed by atoms with Crippen molar-refractivity contribution in [2.24, 2.45) is 0 Å². The molecule has 1 N–H and O–H groups in total. The number of aromatic nitrogens is 2. The van der Waals surface area contributed by atoms with Crippen LogP contribution in [0.25, 0.3) is 22.4 Å². The van der Waals surface area contributed by atoms with E-state index in [0.29, 0.717) is 28.1 Å². The number of hydrogen-bond donors (Lipinski definition) is 1. The Morgan fingerprint density at radius 1 is 1.21 bits per heavy atom. The molecular formula is C20H21N3O6. The summed E-state index contributed by atoms with van der Waals surface area (Å²) in [7, 11) is 0. The van der Waals surface area contributed by atoms with Crippen LogP contribution in [0.4, 0.5) is 0 Å². The molecule has 1 unspecified atom stereocenters. The summed E-state index contributed by atoms with van der Waals surface area (Å²) >= 11 is 0. The lowest BCUT2D eigenvalue weighted by molar-refractivity contribution is -0.160. The molecule has 3 aromatic rings. The number of carboxylic acids is 1. The Balaban J connectivity index is 1.81. The van der Waals surface area contributed by atoms with E-state index in [-0.39, 0.29) is 24.7 Å². The molecule has 0 bridgehead atoms. The first-order valence-corrected chi connectivity index (χ1v) is 9.26. The minimum Gasteiger partial charge on any atom is -0.479 e. The van der Waals surface area contributed by atoms with Gasteiger partial charge >= 0.3 is 5.97 Å². The Kier molecular flexibility index (Phi) is 4.62. The van der Waals surface area contributed by atoms with Crippen LogP contribution in [0, 0.1) is 20.8 Å². The fourth-order valence-electron chi connectivity index (χ4n) is 3.71. The van der Waals surface area contributed by atoms with Crippen LogP contribution in [0.2, 0.25) is 0 Å². The number of pyridine rings is 1. The zero-order valence-electron chi connectivity index (χ0n) is 16.6. The number of nitrogens with zero attached hydrogens (tertiary/aromatic N) is 3. The van der Waals surface area contributed by atoms with E-state index in [1.54, 1.807) is 19.9 Å². The van der Waals surface area contributed by atoms with Crippen molar-refractivity contribution in [2.45, 2.75) is 39.9 Å². The molecule has 29 heavy (non-hydrogen) atoms. The first-order valence-electron chi connectivity index (χ1n) is 9.26. The summed E-state index contributed by atoms with van der Waals surface area (Å²) in [6.07, 6.45) is -1.46. The van der Waals surface area contributed by atoms with Gasteiger partial charge in [-0.15, -0.1) is 0 Å². The maximum Gasteiger partial charge on any atom is 0.334 e. The third kappa shape index (κ3) is 3.38. The summed E-state index contributed by atoms with van der Waals surface area (Å²) in [5, 5.41) is 13.8. The van der Waals surface area contributed by atoms with E-state index in [2.05, 4.69) is 10.1 Å². The van der Waals surface area contributed by atoms with Gasteiger partial charge in [-0.2, -0.15) is 0 Å². The number of furan rings is 1. The molecule has 0 aliphatic carbocycles. The Morgan fingerprint density at radius 2 is 1.97 bits per heavy atom. The number of carboxylic acid groups (broad SMARTS) is 1. The molecule has 0 spiro atoms. The highest BCUT2D eigenvalue weighted by Crippen LogP contribution is 2.31. The maximum atomic E-state index is 13.4. The highest BCUT2D eigenvalue weighted by Gasteiger charge is 2.34. The van der Waals surface area contributed by atoms with Gasteiger partial charge in [0.15, 0.2) is 6.10 Å². The Bertz CT molecular complexity index is 1120. The lowest BCUT2D eigenvalue weighted by Gasteiger charge is -2.35. The van der Waals surface area contributed by atoms with Crippen LogP contribution in [-0.4, -0.2) is 57.3 Å². The van der Waals surface area contributed by atoms with Crippen LogP contribution in [0.3, 0.4) is 0 Å². The van der Waals surface area contributed by atoms with Crippen molar-refractivity contribution in [3.63, 3.8) is 0 Å². The highest BCUT2D eigenvalue weighted by molar-refractivity contribution is 6.07. The molecule has 3 aromatic heterocycles. The standard InChI is InChI=1S/C20H21N3O6/c1-9-5-13(12(4)27-9)15-6-14(17-11(3)22-29-18(17)21-15)19(24)23-7-10(2)28-16(8-23)20(25)26/h5-6,10,16H,7-8H2,1-4H3,(H,25,26)/t10-,16?/m1/s1. The molecule has 2 atom stereocenters.